The lowest BCUT2D eigenvalue weighted by molar-refractivity contribution is -0.131. The summed E-state index contributed by atoms with van der Waals surface area (Å²) in [5.74, 6) is -0.890. The predicted octanol–water partition coefficient (Wildman–Crippen LogP) is 1.36. The summed E-state index contributed by atoms with van der Waals surface area (Å²) < 4.78 is 0. The van der Waals surface area contributed by atoms with Crippen molar-refractivity contribution in [3.8, 4) is 0 Å². The van der Waals surface area contributed by atoms with Gasteiger partial charge in [-0.3, -0.25) is 4.90 Å². The van der Waals surface area contributed by atoms with Gasteiger partial charge in [-0.05, 0) is 27.8 Å². The molecule has 3 nitrogen and oxygen atoms in total. The number of carboxylic acid groups (broad SMARTS) is 1. The van der Waals surface area contributed by atoms with Gasteiger partial charge in [-0.1, -0.05) is 6.08 Å². The Hall–Kier alpha value is -0.830. The molecule has 0 aliphatic heterocycles. The minimum Gasteiger partial charge on any atom is -0.478 e. The molecule has 3 heteroatoms. The van der Waals surface area contributed by atoms with Crippen LogP contribution in [0.5, 0.6) is 0 Å². The van der Waals surface area contributed by atoms with Gasteiger partial charge in [0, 0.05) is 18.2 Å². The summed E-state index contributed by atoms with van der Waals surface area (Å²) in [7, 11) is 1.97. The van der Waals surface area contributed by atoms with E-state index in [1.54, 1.807) is 6.08 Å². The molecule has 0 aliphatic rings. The number of hydrogen-bond acceptors (Lipinski definition) is 2. The maximum atomic E-state index is 10.2. The number of aliphatic carboxylic acids is 1. The first kappa shape index (κ1) is 11.2. The first-order valence-electron chi connectivity index (χ1n) is 4.08. The third-order valence-electron chi connectivity index (χ3n) is 1.97. The number of carboxylic acids is 1. The second kappa shape index (κ2) is 4.93. The quantitative estimate of drug-likeness (QED) is 0.649. The summed E-state index contributed by atoms with van der Waals surface area (Å²) >= 11 is 0. The molecule has 70 valence electrons. The van der Waals surface area contributed by atoms with Crippen molar-refractivity contribution in [2.24, 2.45) is 0 Å². The molecule has 0 saturated heterocycles. The lowest BCUT2D eigenvalue weighted by Crippen LogP contribution is -2.33. The van der Waals surface area contributed by atoms with Crippen molar-refractivity contribution in [2.45, 2.75) is 32.9 Å². The van der Waals surface area contributed by atoms with Gasteiger partial charge in [0.1, 0.15) is 0 Å². The maximum absolute atomic E-state index is 10.2. The Morgan fingerprint density at radius 1 is 1.42 bits per heavy atom. The fraction of sp³-hybridized carbons (Fsp3) is 0.667. The second-order valence-corrected chi connectivity index (χ2v) is 3.20. The van der Waals surface area contributed by atoms with Crippen LogP contribution in [0.4, 0.5) is 0 Å². The number of hydrogen-bond donors (Lipinski definition) is 1. The summed E-state index contributed by atoms with van der Waals surface area (Å²) in [5.41, 5.74) is 0. The average Bonchev–Trinajstić information content (AvgIpc) is 1.98. The Labute approximate surface area is 73.7 Å². The van der Waals surface area contributed by atoms with E-state index in [-0.39, 0.29) is 6.04 Å². The molecule has 0 rings (SSSR count). The fourth-order valence-electron chi connectivity index (χ4n) is 0.828. The van der Waals surface area contributed by atoms with Crippen molar-refractivity contribution in [1.29, 1.82) is 0 Å². The highest BCUT2D eigenvalue weighted by Gasteiger charge is 2.08. The molecule has 0 spiro atoms. The maximum Gasteiger partial charge on any atom is 0.328 e. The van der Waals surface area contributed by atoms with Crippen LogP contribution in [0.15, 0.2) is 12.2 Å². The van der Waals surface area contributed by atoms with Gasteiger partial charge in [0.2, 0.25) is 0 Å². The topological polar surface area (TPSA) is 40.5 Å². The van der Waals surface area contributed by atoms with Gasteiger partial charge in [0.15, 0.2) is 0 Å². The van der Waals surface area contributed by atoms with Crippen LogP contribution in [0.2, 0.25) is 0 Å². The van der Waals surface area contributed by atoms with Gasteiger partial charge < -0.3 is 5.11 Å². The molecule has 0 amide bonds. The molecule has 1 atom stereocenters. The second-order valence-electron chi connectivity index (χ2n) is 3.20. The third kappa shape index (κ3) is 4.13. The van der Waals surface area contributed by atoms with Crippen molar-refractivity contribution in [1.82, 2.24) is 4.90 Å². The van der Waals surface area contributed by atoms with Crippen molar-refractivity contribution in [3.05, 3.63) is 12.2 Å². The van der Waals surface area contributed by atoms with E-state index in [9.17, 15) is 4.79 Å². The van der Waals surface area contributed by atoms with Crippen LogP contribution in [0.3, 0.4) is 0 Å². The highest BCUT2D eigenvalue weighted by Crippen LogP contribution is 2.02. The van der Waals surface area contributed by atoms with Crippen molar-refractivity contribution in [2.75, 3.05) is 7.05 Å². The molecule has 0 fully saturated rings. The summed E-state index contributed by atoms with van der Waals surface area (Å²) in [6.45, 7) is 6.12. The Balaban J connectivity index is 4.03. The van der Waals surface area contributed by atoms with Crippen LogP contribution in [0, 0.1) is 0 Å². The van der Waals surface area contributed by atoms with Gasteiger partial charge in [-0.2, -0.15) is 0 Å². The third-order valence-corrected chi connectivity index (χ3v) is 1.97. The van der Waals surface area contributed by atoms with E-state index in [2.05, 4.69) is 18.7 Å². The average molecular weight is 171 g/mol. The molecule has 1 N–H and O–H groups in total. The van der Waals surface area contributed by atoms with Gasteiger partial charge in [0.05, 0.1) is 0 Å². The lowest BCUT2D eigenvalue weighted by Gasteiger charge is -2.25. The Kier molecular flexibility index (Phi) is 4.59. The molecule has 0 aromatic rings. The van der Waals surface area contributed by atoms with E-state index in [0.717, 1.165) is 0 Å². The monoisotopic (exact) mass is 171 g/mol. The van der Waals surface area contributed by atoms with E-state index in [4.69, 9.17) is 5.11 Å². The van der Waals surface area contributed by atoms with Crippen molar-refractivity contribution < 1.29 is 9.90 Å². The fourth-order valence-corrected chi connectivity index (χ4v) is 0.828. The predicted molar refractivity (Wildman–Crippen MR) is 49.1 cm³/mol. The van der Waals surface area contributed by atoms with Gasteiger partial charge in [0.25, 0.3) is 0 Å². The first-order chi connectivity index (χ1) is 5.45. The number of carbonyl (C=O) groups is 1. The molecule has 0 aromatic carbocycles. The van der Waals surface area contributed by atoms with Crippen molar-refractivity contribution >= 4 is 5.97 Å². The molecule has 1 unspecified atom stereocenters. The van der Waals surface area contributed by atoms with Crippen LogP contribution < -0.4 is 0 Å². The van der Waals surface area contributed by atoms with Crippen LogP contribution in [0.1, 0.15) is 20.8 Å². The van der Waals surface area contributed by atoms with Gasteiger partial charge >= 0.3 is 5.97 Å². The molecule has 0 heterocycles. The normalized spacial score (nSPS) is 14.5. The molecule has 0 aliphatic carbocycles. The van der Waals surface area contributed by atoms with E-state index in [1.165, 1.54) is 6.08 Å². The molecule has 0 aromatic heterocycles. The first-order valence-corrected chi connectivity index (χ1v) is 4.08. The van der Waals surface area contributed by atoms with E-state index >= 15 is 0 Å². The van der Waals surface area contributed by atoms with Crippen LogP contribution in [-0.2, 0) is 4.79 Å². The smallest absolute Gasteiger partial charge is 0.328 e. The summed E-state index contributed by atoms with van der Waals surface area (Å²) in [4.78, 5) is 12.3. The standard InChI is InChI=1S/C9H17NO2/c1-7(2)10(4)8(3)5-6-9(11)12/h5-8H,1-4H3,(H,11,12)/b6-5+. The van der Waals surface area contributed by atoms with Gasteiger partial charge in [-0.25, -0.2) is 4.79 Å². The zero-order chi connectivity index (χ0) is 9.72. The Bertz CT molecular complexity index is 175. The Morgan fingerprint density at radius 2 is 1.92 bits per heavy atom. The largest absolute Gasteiger partial charge is 0.478 e. The molecular formula is C9H17NO2. The minimum atomic E-state index is -0.890. The zero-order valence-corrected chi connectivity index (χ0v) is 8.11. The zero-order valence-electron chi connectivity index (χ0n) is 8.11. The molecule has 0 radical (unpaired) electrons. The minimum absolute atomic E-state index is 0.168. The summed E-state index contributed by atoms with van der Waals surface area (Å²) in [5, 5.41) is 8.38. The highest BCUT2D eigenvalue weighted by atomic mass is 16.4. The SMILES string of the molecule is CC(C)N(C)C(C)/C=C/C(=O)O. The molecular weight excluding hydrogens is 154 g/mol. The Morgan fingerprint density at radius 3 is 2.25 bits per heavy atom. The van der Waals surface area contributed by atoms with Crippen LogP contribution >= 0.6 is 0 Å². The van der Waals surface area contributed by atoms with Crippen molar-refractivity contribution in [3.63, 3.8) is 0 Å². The van der Waals surface area contributed by atoms with E-state index in [0.29, 0.717) is 6.04 Å². The summed E-state index contributed by atoms with van der Waals surface area (Å²) in [6.07, 6.45) is 2.87. The van der Waals surface area contributed by atoms with E-state index in [1.807, 2.05) is 14.0 Å². The van der Waals surface area contributed by atoms with Crippen LogP contribution in [-0.4, -0.2) is 35.1 Å². The summed E-state index contributed by atoms with van der Waals surface area (Å²) in [6, 6.07) is 0.597. The number of likely N-dealkylation sites (N-methyl/N-ethyl adjacent to an activating group) is 1. The van der Waals surface area contributed by atoms with Crippen LogP contribution in [0.25, 0.3) is 0 Å². The van der Waals surface area contributed by atoms with Gasteiger partial charge in [-0.15, -0.1) is 0 Å². The lowest BCUT2D eigenvalue weighted by atomic mass is 10.2. The van der Waals surface area contributed by atoms with E-state index < -0.39 is 5.97 Å². The molecule has 0 saturated carbocycles. The molecule has 0 bridgehead atoms. The highest BCUT2D eigenvalue weighted by molar-refractivity contribution is 5.79. The number of rotatable bonds is 4. The molecule has 12 heavy (non-hydrogen) atoms. The number of nitrogens with zero attached hydrogens (tertiary/aromatic N) is 1.